The van der Waals surface area contributed by atoms with Crippen molar-refractivity contribution in [2.24, 2.45) is 0 Å². The Balaban J connectivity index is 1.54. The molecule has 2 heterocycles. The Labute approximate surface area is 255 Å². The fourth-order valence-corrected chi connectivity index (χ4v) is 5.33. The zero-order valence-corrected chi connectivity index (χ0v) is 23.8. The molecule has 0 saturated heterocycles. The van der Waals surface area contributed by atoms with E-state index >= 15 is 0 Å². The standard InChI is InChI=1S/C38H35N3O/c1-25(2)31-17-11-18-32(26(3)4)37(31)41-21-20-39-38(41)29-15-10-14-28(22-29)34-23-30(27-12-6-5-7-13-27)24-35(40-34)33-16-8-9-19-36(33)42/h5-26,42H,1-4H3/i1D3,25D,26D. The maximum Gasteiger partial charge on any atom is 0.144 e. The number of rotatable bonds is 7. The number of imidazole rings is 1. The number of hydrogen-bond donors (Lipinski definition) is 1. The highest BCUT2D eigenvalue weighted by Gasteiger charge is 2.19. The lowest BCUT2D eigenvalue weighted by atomic mass is 9.92. The Bertz CT molecular complexity index is 2060. The fraction of sp³-hybridized carbons (Fsp3) is 0.158. The topological polar surface area (TPSA) is 50.9 Å². The van der Waals surface area contributed by atoms with Crippen LogP contribution in [0.15, 0.2) is 122 Å². The summed E-state index contributed by atoms with van der Waals surface area (Å²) in [6.07, 6.45) is 3.39. The van der Waals surface area contributed by atoms with Crippen molar-refractivity contribution in [3.63, 3.8) is 0 Å². The Morgan fingerprint density at radius 3 is 2.12 bits per heavy atom. The molecule has 0 spiro atoms. The number of benzene rings is 4. The zero-order chi connectivity index (χ0) is 33.6. The first kappa shape index (κ1) is 21.7. The first-order valence-corrected chi connectivity index (χ1v) is 13.9. The number of phenols is 1. The van der Waals surface area contributed by atoms with Crippen LogP contribution in [0.3, 0.4) is 0 Å². The largest absolute Gasteiger partial charge is 0.507 e. The third kappa shape index (κ3) is 5.24. The molecule has 0 aliphatic rings. The Kier molecular flexibility index (Phi) is 5.95. The molecular formula is C38H35N3O. The maximum absolute atomic E-state index is 10.7. The highest BCUT2D eigenvalue weighted by atomic mass is 16.3. The normalized spacial score (nSPS) is 15.1. The minimum atomic E-state index is -2.62. The zero-order valence-electron chi connectivity index (χ0n) is 28.8. The highest BCUT2D eigenvalue weighted by molar-refractivity contribution is 5.79. The summed E-state index contributed by atoms with van der Waals surface area (Å²) >= 11 is 0. The second-order valence-electron chi connectivity index (χ2n) is 10.5. The molecule has 0 fully saturated rings. The first-order chi connectivity index (χ1) is 22.3. The molecule has 1 unspecified atom stereocenters. The van der Waals surface area contributed by atoms with Gasteiger partial charge in [0.05, 0.1) is 17.1 Å². The summed E-state index contributed by atoms with van der Waals surface area (Å²) < 4.78 is 44.3. The Morgan fingerprint density at radius 2 is 1.36 bits per heavy atom. The molecule has 1 atom stereocenters. The van der Waals surface area contributed by atoms with Gasteiger partial charge in [-0.1, -0.05) is 106 Å². The van der Waals surface area contributed by atoms with E-state index in [-0.39, 0.29) is 11.3 Å². The van der Waals surface area contributed by atoms with E-state index in [9.17, 15) is 5.11 Å². The summed E-state index contributed by atoms with van der Waals surface area (Å²) in [5.74, 6) is -2.38. The Hall–Kier alpha value is -4.96. The van der Waals surface area contributed by atoms with Crippen molar-refractivity contribution in [2.75, 3.05) is 0 Å². The van der Waals surface area contributed by atoms with Gasteiger partial charge in [0.25, 0.3) is 0 Å². The number of aromatic hydroxyl groups is 1. The van der Waals surface area contributed by atoms with Gasteiger partial charge in [0.1, 0.15) is 11.6 Å². The monoisotopic (exact) mass is 554 g/mol. The second-order valence-corrected chi connectivity index (χ2v) is 10.5. The molecule has 4 aromatic carbocycles. The van der Waals surface area contributed by atoms with Crippen molar-refractivity contribution in [3.8, 4) is 56.5 Å². The molecular weight excluding hydrogens is 514 g/mol. The van der Waals surface area contributed by atoms with Crippen molar-refractivity contribution in [3.05, 3.63) is 133 Å². The van der Waals surface area contributed by atoms with Crippen molar-refractivity contribution in [1.82, 2.24) is 14.5 Å². The van der Waals surface area contributed by atoms with Crippen LogP contribution in [-0.4, -0.2) is 19.6 Å². The van der Waals surface area contributed by atoms with E-state index in [1.165, 1.54) is 6.92 Å². The van der Waals surface area contributed by atoms with E-state index in [0.717, 1.165) is 22.3 Å². The van der Waals surface area contributed by atoms with Crippen LogP contribution >= 0.6 is 0 Å². The van der Waals surface area contributed by atoms with E-state index in [1.807, 2.05) is 78.9 Å². The number of hydrogen-bond acceptors (Lipinski definition) is 3. The minimum Gasteiger partial charge on any atom is -0.507 e. The van der Waals surface area contributed by atoms with Crippen molar-refractivity contribution in [2.45, 2.75) is 39.4 Å². The number of pyridine rings is 1. The van der Waals surface area contributed by atoms with Gasteiger partial charge in [-0.15, -0.1) is 0 Å². The van der Waals surface area contributed by atoms with Crippen LogP contribution in [0.2, 0.25) is 0 Å². The van der Waals surface area contributed by atoms with Crippen molar-refractivity contribution >= 4 is 0 Å². The number of aromatic nitrogens is 3. The second kappa shape index (κ2) is 11.5. The van der Waals surface area contributed by atoms with E-state index < -0.39 is 18.6 Å². The van der Waals surface area contributed by atoms with E-state index in [1.54, 1.807) is 61.1 Å². The molecule has 42 heavy (non-hydrogen) atoms. The van der Waals surface area contributed by atoms with Crippen LogP contribution in [0, 0.1) is 0 Å². The third-order valence-electron chi connectivity index (χ3n) is 7.39. The van der Waals surface area contributed by atoms with Gasteiger partial charge in [-0.2, -0.15) is 0 Å². The molecule has 0 aliphatic carbocycles. The van der Waals surface area contributed by atoms with E-state index in [0.29, 0.717) is 34.0 Å². The molecule has 6 rings (SSSR count). The lowest BCUT2D eigenvalue weighted by Gasteiger charge is -2.22. The third-order valence-corrected chi connectivity index (χ3v) is 7.39. The molecule has 0 radical (unpaired) electrons. The summed E-state index contributed by atoms with van der Waals surface area (Å²) in [6.45, 7) is 2.27. The van der Waals surface area contributed by atoms with Gasteiger partial charge in [-0.05, 0) is 64.4 Å². The molecule has 4 nitrogen and oxygen atoms in total. The summed E-state index contributed by atoms with van der Waals surface area (Å²) in [4.78, 5) is 9.68. The predicted molar refractivity (Wildman–Crippen MR) is 173 cm³/mol. The molecule has 1 N–H and O–H groups in total. The smallest absolute Gasteiger partial charge is 0.144 e. The van der Waals surface area contributed by atoms with Gasteiger partial charge in [0, 0.05) is 35.9 Å². The van der Waals surface area contributed by atoms with Gasteiger partial charge in [-0.25, -0.2) is 9.97 Å². The van der Waals surface area contributed by atoms with Crippen molar-refractivity contribution < 1.29 is 12.0 Å². The molecule has 4 heteroatoms. The van der Waals surface area contributed by atoms with Crippen LogP contribution in [-0.2, 0) is 0 Å². The SMILES string of the molecule is [2H]C(C)(C)c1cccc(C([2H])(C)C([2H])([2H])[2H])c1-n1ccnc1-c1cccc(-c2cc(-c3ccccc3)cc(-c3ccccc3O)n2)c1. The average Bonchev–Trinajstić information content (AvgIpc) is 3.54. The fourth-order valence-electron chi connectivity index (χ4n) is 5.33. The number of phenolic OH excluding ortho intramolecular Hbond substituents is 1. The molecule has 2 aromatic heterocycles. The van der Waals surface area contributed by atoms with Crippen LogP contribution in [0.25, 0.3) is 50.7 Å². The van der Waals surface area contributed by atoms with Crippen LogP contribution in [0.1, 0.15) is 57.4 Å². The summed E-state index contributed by atoms with van der Waals surface area (Å²) in [7, 11) is 0. The van der Waals surface area contributed by atoms with E-state index in [2.05, 4.69) is 0 Å². The van der Waals surface area contributed by atoms with Gasteiger partial charge in [0.15, 0.2) is 0 Å². The average molecular weight is 555 g/mol. The quantitative estimate of drug-likeness (QED) is 0.214. The van der Waals surface area contributed by atoms with Crippen molar-refractivity contribution in [1.29, 1.82) is 0 Å². The van der Waals surface area contributed by atoms with Gasteiger partial charge in [0.2, 0.25) is 0 Å². The minimum absolute atomic E-state index is 0.136. The van der Waals surface area contributed by atoms with Gasteiger partial charge in [-0.3, -0.25) is 4.57 Å². The first-order valence-electron chi connectivity index (χ1n) is 16.4. The molecule has 0 amide bonds. The maximum atomic E-state index is 10.7. The lowest BCUT2D eigenvalue weighted by molar-refractivity contribution is 0.477. The molecule has 208 valence electrons. The highest BCUT2D eigenvalue weighted by Crippen LogP contribution is 2.37. The van der Waals surface area contributed by atoms with Gasteiger partial charge < -0.3 is 5.11 Å². The lowest BCUT2D eigenvalue weighted by Crippen LogP contribution is -2.07. The Morgan fingerprint density at radius 1 is 0.690 bits per heavy atom. The van der Waals surface area contributed by atoms with Crippen LogP contribution in [0.5, 0.6) is 5.75 Å². The number of para-hydroxylation sites is 2. The van der Waals surface area contributed by atoms with Crippen LogP contribution < -0.4 is 0 Å². The molecule has 0 aliphatic heterocycles. The number of nitrogens with zero attached hydrogens (tertiary/aromatic N) is 3. The van der Waals surface area contributed by atoms with Crippen LogP contribution in [0.4, 0.5) is 0 Å². The predicted octanol–water partition coefficient (Wildman–Crippen LogP) is 9.89. The summed E-state index contributed by atoms with van der Waals surface area (Å²) in [5, 5.41) is 10.7. The molecule has 0 bridgehead atoms. The van der Waals surface area contributed by atoms with E-state index in [4.69, 9.17) is 16.8 Å². The summed E-state index contributed by atoms with van der Waals surface area (Å²) in [6, 6.07) is 34.0. The van der Waals surface area contributed by atoms with Gasteiger partial charge >= 0.3 is 0 Å². The molecule has 6 aromatic rings. The summed E-state index contributed by atoms with van der Waals surface area (Å²) in [5.41, 5.74) is 6.78. The molecule has 0 saturated carbocycles.